The Kier molecular flexibility index (Phi) is 7.07. The number of carbonyl (C=O) groups is 1. The first-order chi connectivity index (χ1) is 14.0. The van der Waals surface area contributed by atoms with Gasteiger partial charge in [0, 0.05) is 18.1 Å². The summed E-state index contributed by atoms with van der Waals surface area (Å²) in [6.45, 7) is -2.58. The summed E-state index contributed by atoms with van der Waals surface area (Å²) in [5, 5.41) is 5.40. The van der Waals surface area contributed by atoms with Crippen molar-refractivity contribution in [3.8, 4) is 22.2 Å². The highest BCUT2D eigenvalue weighted by molar-refractivity contribution is 7.13. The van der Waals surface area contributed by atoms with Crippen molar-refractivity contribution >= 4 is 17.2 Å². The molecular weight excluding hydrogens is 400 g/mol. The highest BCUT2D eigenvalue weighted by Gasteiger charge is 2.12. The molecule has 2 aromatic heterocycles. The molecule has 0 spiro atoms. The molecule has 29 heavy (non-hydrogen) atoms. The van der Waals surface area contributed by atoms with Gasteiger partial charge in [-0.3, -0.25) is 9.78 Å². The first-order valence-electron chi connectivity index (χ1n) is 8.79. The number of carbonyl (C=O) groups excluding carboxylic acids is 1. The first kappa shape index (κ1) is 20.7. The number of nitrogens with zero attached hydrogens (tertiary/aromatic N) is 2. The van der Waals surface area contributed by atoms with Crippen molar-refractivity contribution in [2.75, 3.05) is 13.7 Å². The van der Waals surface area contributed by atoms with E-state index in [-0.39, 0.29) is 23.8 Å². The number of halogens is 2. The van der Waals surface area contributed by atoms with Crippen LogP contribution in [0.2, 0.25) is 0 Å². The van der Waals surface area contributed by atoms with Gasteiger partial charge in [0.1, 0.15) is 5.01 Å². The van der Waals surface area contributed by atoms with Gasteiger partial charge in [0.15, 0.2) is 11.5 Å². The van der Waals surface area contributed by atoms with Crippen LogP contribution in [0.25, 0.3) is 10.7 Å². The molecule has 0 radical (unpaired) electrons. The lowest BCUT2D eigenvalue weighted by Crippen LogP contribution is -2.27. The number of hydrogen-bond donors (Lipinski definition) is 1. The minimum atomic E-state index is -2.94. The highest BCUT2D eigenvalue weighted by atomic mass is 32.1. The van der Waals surface area contributed by atoms with Gasteiger partial charge in [0.2, 0.25) is 5.91 Å². The maximum atomic E-state index is 12.5. The second-order valence-corrected chi connectivity index (χ2v) is 6.86. The number of amides is 1. The zero-order chi connectivity index (χ0) is 20.6. The molecule has 0 aliphatic carbocycles. The number of pyridine rings is 1. The monoisotopic (exact) mass is 419 g/mol. The minimum Gasteiger partial charge on any atom is -0.493 e. The summed E-state index contributed by atoms with van der Waals surface area (Å²) in [5.41, 5.74) is 2.18. The fraction of sp³-hybridized carbons (Fsp3) is 0.250. The van der Waals surface area contributed by atoms with Crippen molar-refractivity contribution in [1.29, 1.82) is 0 Å². The lowest BCUT2D eigenvalue weighted by Gasteiger charge is -2.11. The number of ether oxygens (including phenoxy) is 2. The number of benzene rings is 1. The van der Waals surface area contributed by atoms with Crippen LogP contribution in [0.5, 0.6) is 11.5 Å². The number of thiazole rings is 1. The van der Waals surface area contributed by atoms with Gasteiger partial charge in [0.25, 0.3) is 0 Å². The summed E-state index contributed by atoms with van der Waals surface area (Å²) in [4.78, 5) is 20.8. The fourth-order valence-corrected chi connectivity index (χ4v) is 3.43. The van der Waals surface area contributed by atoms with E-state index in [1.807, 2.05) is 23.6 Å². The predicted molar refractivity (Wildman–Crippen MR) is 105 cm³/mol. The molecule has 9 heteroatoms. The maximum absolute atomic E-state index is 12.5. The molecular formula is C20H19F2N3O3S. The Balaban J connectivity index is 1.51. The Morgan fingerprint density at radius 1 is 1.24 bits per heavy atom. The molecule has 1 aromatic carbocycles. The molecule has 152 valence electrons. The van der Waals surface area contributed by atoms with Crippen molar-refractivity contribution < 1.29 is 23.0 Å². The average Bonchev–Trinajstić information content (AvgIpc) is 3.17. The number of methoxy groups -OCH3 is 1. The van der Waals surface area contributed by atoms with E-state index < -0.39 is 6.61 Å². The molecule has 0 aliphatic rings. The number of alkyl halides is 2. The Morgan fingerprint density at radius 2 is 2.10 bits per heavy atom. The summed E-state index contributed by atoms with van der Waals surface area (Å²) in [6.07, 6.45) is 2.32. The van der Waals surface area contributed by atoms with E-state index in [0.29, 0.717) is 18.7 Å². The van der Waals surface area contributed by atoms with E-state index in [0.717, 1.165) is 16.3 Å². The number of rotatable bonds is 9. The van der Waals surface area contributed by atoms with Crippen LogP contribution in [0.3, 0.4) is 0 Å². The van der Waals surface area contributed by atoms with Gasteiger partial charge in [-0.15, -0.1) is 11.3 Å². The summed E-state index contributed by atoms with van der Waals surface area (Å²) in [7, 11) is 1.38. The molecule has 3 aromatic rings. The standard InChI is InChI=1S/C20H19F2N3O3S/c1-27-16-6-5-13(10-17(16)28-20(21)22)7-9-24-18(26)11-14-12-29-19(25-14)15-4-2-3-8-23-15/h2-6,8,10,12,20H,7,9,11H2,1H3,(H,24,26). The van der Waals surface area contributed by atoms with Gasteiger partial charge in [-0.1, -0.05) is 12.1 Å². The van der Waals surface area contributed by atoms with Crippen LogP contribution in [-0.2, 0) is 17.6 Å². The quantitative estimate of drug-likeness (QED) is 0.572. The van der Waals surface area contributed by atoms with E-state index in [2.05, 4.69) is 20.0 Å². The highest BCUT2D eigenvalue weighted by Crippen LogP contribution is 2.29. The predicted octanol–water partition coefficient (Wildman–Crippen LogP) is 3.72. The Bertz CT molecular complexity index is 951. The Morgan fingerprint density at radius 3 is 2.83 bits per heavy atom. The third-order valence-corrected chi connectivity index (χ3v) is 4.87. The van der Waals surface area contributed by atoms with Gasteiger partial charge in [-0.2, -0.15) is 8.78 Å². The summed E-state index contributed by atoms with van der Waals surface area (Å²) in [5.74, 6) is 0.0293. The largest absolute Gasteiger partial charge is 0.493 e. The smallest absolute Gasteiger partial charge is 0.387 e. The van der Waals surface area contributed by atoms with Gasteiger partial charge in [0.05, 0.1) is 24.9 Å². The second-order valence-electron chi connectivity index (χ2n) is 6.00. The lowest BCUT2D eigenvalue weighted by molar-refractivity contribution is -0.120. The normalized spacial score (nSPS) is 10.8. The van der Waals surface area contributed by atoms with Crippen molar-refractivity contribution in [3.05, 3.63) is 59.2 Å². The summed E-state index contributed by atoms with van der Waals surface area (Å²) < 4.78 is 34.5. The fourth-order valence-electron chi connectivity index (χ4n) is 2.63. The molecule has 1 amide bonds. The van der Waals surface area contributed by atoms with Crippen molar-refractivity contribution in [2.24, 2.45) is 0 Å². The van der Waals surface area contributed by atoms with Crippen LogP contribution >= 0.6 is 11.3 Å². The molecule has 0 unspecified atom stereocenters. The number of nitrogens with one attached hydrogen (secondary N) is 1. The van der Waals surface area contributed by atoms with E-state index >= 15 is 0 Å². The molecule has 0 bridgehead atoms. The van der Waals surface area contributed by atoms with E-state index in [1.54, 1.807) is 18.3 Å². The molecule has 6 nitrogen and oxygen atoms in total. The zero-order valence-corrected chi connectivity index (χ0v) is 16.4. The topological polar surface area (TPSA) is 73.3 Å². The maximum Gasteiger partial charge on any atom is 0.387 e. The van der Waals surface area contributed by atoms with Crippen LogP contribution in [0.1, 0.15) is 11.3 Å². The van der Waals surface area contributed by atoms with Crippen LogP contribution in [0.4, 0.5) is 8.78 Å². The van der Waals surface area contributed by atoms with Crippen LogP contribution < -0.4 is 14.8 Å². The molecule has 0 atom stereocenters. The minimum absolute atomic E-state index is 0.0316. The average molecular weight is 419 g/mol. The van der Waals surface area contributed by atoms with E-state index in [9.17, 15) is 13.6 Å². The van der Waals surface area contributed by atoms with Gasteiger partial charge >= 0.3 is 6.61 Å². The third kappa shape index (κ3) is 5.95. The van der Waals surface area contributed by atoms with Crippen molar-refractivity contribution in [1.82, 2.24) is 15.3 Å². The second kappa shape index (κ2) is 9.92. The summed E-state index contributed by atoms with van der Waals surface area (Å²) in [6, 6.07) is 10.4. The molecule has 0 aliphatic heterocycles. The van der Waals surface area contributed by atoms with E-state index in [4.69, 9.17) is 4.74 Å². The first-order valence-corrected chi connectivity index (χ1v) is 9.67. The molecule has 0 saturated heterocycles. The number of hydrogen-bond acceptors (Lipinski definition) is 6. The molecule has 2 heterocycles. The van der Waals surface area contributed by atoms with Crippen molar-refractivity contribution in [2.45, 2.75) is 19.5 Å². The van der Waals surface area contributed by atoms with Gasteiger partial charge in [-0.05, 0) is 36.2 Å². The molecule has 0 saturated carbocycles. The lowest BCUT2D eigenvalue weighted by atomic mass is 10.1. The summed E-state index contributed by atoms with van der Waals surface area (Å²) >= 11 is 1.43. The molecule has 0 fully saturated rings. The third-order valence-electron chi connectivity index (χ3n) is 3.96. The zero-order valence-electron chi connectivity index (χ0n) is 15.6. The molecule has 1 N–H and O–H groups in total. The number of aromatic nitrogens is 2. The molecule has 3 rings (SSSR count). The van der Waals surface area contributed by atoms with Gasteiger partial charge < -0.3 is 14.8 Å². The SMILES string of the molecule is COc1ccc(CCNC(=O)Cc2csc(-c3ccccn3)n2)cc1OC(F)F. The van der Waals surface area contributed by atoms with Crippen LogP contribution in [0.15, 0.2) is 48.0 Å². The van der Waals surface area contributed by atoms with Crippen LogP contribution in [0, 0.1) is 0 Å². The van der Waals surface area contributed by atoms with Gasteiger partial charge in [-0.25, -0.2) is 4.98 Å². The Labute approximate surface area is 170 Å². The Hall–Kier alpha value is -3.07. The van der Waals surface area contributed by atoms with Crippen molar-refractivity contribution in [3.63, 3.8) is 0 Å². The van der Waals surface area contributed by atoms with E-state index in [1.165, 1.54) is 24.5 Å². The van der Waals surface area contributed by atoms with Crippen LogP contribution in [-0.4, -0.2) is 36.1 Å².